The van der Waals surface area contributed by atoms with Crippen LogP contribution in [0.1, 0.15) is 43.6 Å². The van der Waals surface area contributed by atoms with Crippen molar-refractivity contribution in [3.8, 4) is 11.3 Å². The minimum Gasteiger partial charge on any atom is -0.460 e. The SMILES string of the molecule is C/C=C/c1cc(-c2ccc(C(F)(F)F)cc2)oc1CCCC. The van der Waals surface area contributed by atoms with Gasteiger partial charge in [-0.15, -0.1) is 0 Å². The number of benzene rings is 1. The molecule has 0 aliphatic heterocycles. The summed E-state index contributed by atoms with van der Waals surface area (Å²) < 4.78 is 43.6. The summed E-state index contributed by atoms with van der Waals surface area (Å²) >= 11 is 0. The summed E-state index contributed by atoms with van der Waals surface area (Å²) in [6.45, 7) is 4.03. The smallest absolute Gasteiger partial charge is 0.416 e. The first-order valence-corrected chi connectivity index (χ1v) is 7.38. The zero-order valence-electron chi connectivity index (χ0n) is 12.7. The molecule has 0 N–H and O–H groups in total. The summed E-state index contributed by atoms with van der Waals surface area (Å²) in [4.78, 5) is 0. The normalized spacial score (nSPS) is 12.2. The molecule has 2 aromatic rings. The highest BCUT2D eigenvalue weighted by Crippen LogP contribution is 2.32. The van der Waals surface area contributed by atoms with Gasteiger partial charge in [0, 0.05) is 17.5 Å². The van der Waals surface area contributed by atoms with Gasteiger partial charge in [0.05, 0.1) is 5.56 Å². The molecule has 1 aromatic carbocycles. The zero-order valence-corrected chi connectivity index (χ0v) is 12.7. The van der Waals surface area contributed by atoms with E-state index in [2.05, 4.69) is 6.92 Å². The van der Waals surface area contributed by atoms with E-state index in [1.807, 2.05) is 25.1 Å². The van der Waals surface area contributed by atoms with E-state index in [-0.39, 0.29) is 0 Å². The van der Waals surface area contributed by atoms with Gasteiger partial charge in [-0.3, -0.25) is 0 Å². The third-order valence-corrected chi connectivity index (χ3v) is 3.44. The van der Waals surface area contributed by atoms with Crippen molar-refractivity contribution < 1.29 is 17.6 Å². The van der Waals surface area contributed by atoms with Gasteiger partial charge >= 0.3 is 6.18 Å². The molecule has 0 spiro atoms. The molecule has 1 heterocycles. The van der Waals surface area contributed by atoms with Crippen molar-refractivity contribution in [3.05, 3.63) is 53.3 Å². The number of hydrogen-bond donors (Lipinski definition) is 0. The lowest BCUT2D eigenvalue weighted by Gasteiger charge is -2.06. The zero-order chi connectivity index (χ0) is 16.2. The number of alkyl halides is 3. The maximum atomic E-state index is 12.6. The number of rotatable bonds is 5. The molecule has 0 aliphatic carbocycles. The predicted molar refractivity (Wildman–Crippen MR) is 82.5 cm³/mol. The van der Waals surface area contributed by atoms with Crippen molar-refractivity contribution in [2.45, 2.75) is 39.3 Å². The fraction of sp³-hybridized carbons (Fsp3) is 0.333. The van der Waals surface area contributed by atoms with Crippen molar-refractivity contribution in [1.82, 2.24) is 0 Å². The summed E-state index contributed by atoms with van der Waals surface area (Å²) in [5, 5.41) is 0. The number of hydrogen-bond acceptors (Lipinski definition) is 1. The molecule has 0 aliphatic rings. The number of furan rings is 1. The lowest BCUT2D eigenvalue weighted by Crippen LogP contribution is -2.03. The van der Waals surface area contributed by atoms with E-state index < -0.39 is 11.7 Å². The summed E-state index contributed by atoms with van der Waals surface area (Å²) in [6.07, 6.45) is 2.48. The molecule has 0 atom stereocenters. The molecule has 0 fully saturated rings. The molecule has 1 nitrogen and oxygen atoms in total. The number of unbranched alkanes of at least 4 members (excludes halogenated alkanes) is 1. The van der Waals surface area contributed by atoms with Gasteiger partial charge in [0.25, 0.3) is 0 Å². The Labute approximate surface area is 128 Å². The molecule has 2 rings (SSSR count). The first-order valence-electron chi connectivity index (χ1n) is 7.38. The Hall–Kier alpha value is -1.97. The van der Waals surface area contributed by atoms with E-state index in [4.69, 9.17) is 4.42 Å². The lowest BCUT2D eigenvalue weighted by atomic mass is 10.1. The van der Waals surface area contributed by atoms with Gasteiger partial charge in [-0.1, -0.05) is 37.6 Å². The van der Waals surface area contributed by atoms with E-state index in [0.29, 0.717) is 11.3 Å². The Morgan fingerprint density at radius 1 is 1.14 bits per heavy atom. The highest BCUT2D eigenvalue weighted by molar-refractivity contribution is 5.64. The third-order valence-electron chi connectivity index (χ3n) is 3.44. The molecule has 0 amide bonds. The molecule has 22 heavy (non-hydrogen) atoms. The van der Waals surface area contributed by atoms with Crippen molar-refractivity contribution in [1.29, 1.82) is 0 Å². The Morgan fingerprint density at radius 3 is 2.36 bits per heavy atom. The second-order valence-corrected chi connectivity index (χ2v) is 5.17. The summed E-state index contributed by atoms with van der Waals surface area (Å²) in [6, 6.07) is 6.95. The van der Waals surface area contributed by atoms with Crippen molar-refractivity contribution in [2.75, 3.05) is 0 Å². The minimum atomic E-state index is -4.32. The fourth-order valence-corrected chi connectivity index (χ4v) is 2.26. The van der Waals surface area contributed by atoms with Crippen LogP contribution in [0.5, 0.6) is 0 Å². The quantitative estimate of drug-likeness (QED) is 0.628. The Kier molecular flexibility index (Phi) is 5.11. The molecular formula is C18H19F3O. The number of halogens is 3. The Morgan fingerprint density at radius 2 is 1.82 bits per heavy atom. The number of allylic oxidation sites excluding steroid dienone is 1. The average Bonchev–Trinajstić information content (AvgIpc) is 2.88. The summed E-state index contributed by atoms with van der Waals surface area (Å²) in [5.74, 6) is 1.49. The molecule has 4 heteroatoms. The molecule has 0 unspecified atom stereocenters. The maximum absolute atomic E-state index is 12.6. The van der Waals surface area contributed by atoms with Gasteiger partial charge in [-0.25, -0.2) is 0 Å². The second-order valence-electron chi connectivity index (χ2n) is 5.17. The lowest BCUT2D eigenvalue weighted by molar-refractivity contribution is -0.137. The van der Waals surface area contributed by atoms with Crippen LogP contribution < -0.4 is 0 Å². The van der Waals surface area contributed by atoms with Crippen LogP contribution in [0, 0.1) is 0 Å². The first kappa shape index (κ1) is 16.4. The van der Waals surface area contributed by atoms with E-state index >= 15 is 0 Å². The molecule has 0 saturated heterocycles. The molecule has 0 radical (unpaired) electrons. The topological polar surface area (TPSA) is 13.1 Å². The maximum Gasteiger partial charge on any atom is 0.416 e. The van der Waals surface area contributed by atoms with Gasteiger partial charge in [0.1, 0.15) is 11.5 Å². The van der Waals surface area contributed by atoms with Gasteiger partial charge in [-0.2, -0.15) is 13.2 Å². The number of aryl methyl sites for hydroxylation is 1. The van der Waals surface area contributed by atoms with Crippen LogP contribution in [-0.4, -0.2) is 0 Å². The van der Waals surface area contributed by atoms with Crippen LogP contribution in [0.2, 0.25) is 0 Å². The van der Waals surface area contributed by atoms with Crippen LogP contribution in [0.15, 0.2) is 40.8 Å². The Bertz CT molecular complexity index is 633. The van der Waals surface area contributed by atoms with E-state index in [0.717, 1.165) is 42.7 Å². The summed E-state index contributed by atoms with van der Waals surface area (Å²) in [7, 11) is 0. The molecule has 118 valence electrons. The van der Waals surface area contributed by atoms with Crippen molar-refractivity contribution in [2.24, 2.45) is 0 Å². The van der Waals surface area contributed by atoms with E-state index in [1.54, 1.807) is 0 Å². The van der Waals surface area contributed by atoms with Gasteiger partial charge in [0.2, 0.25) is 0 Å². The van der Waals surface area contributed by atoms with Crippen LogP contribution >= 0.6 is 0 Å². The minimum absolute atomic E-state index is 0.605. The molecular weight excluding hydrogens is 289 g/mol. The first-order chi connectivity index (χ1) is 10.5. The fourth-order valence-electron chi connectivity index (χ4n) is 2.26. The second kappa shape index (κ2) is 6.86. The van der Waals surface area contributed by atoms with Crippen LogP contribution in [0.4, 0.5) is 13.2 Å². The van der Waals surface area contributed by atoms with Crippen LogP contribution in [0.3, 0.4) is 0 Å². The van der Waals surface area contributed by atoms with E-state index in [1.165, 1.54) is 12.1 Å². The van der Waals surface area contributed by atoms with Crippen molar-refractivity contribution in [3.63, 3.8) is 0 Å². The average molecular weight is 308 g/mol. The van der Waals surface area contributed by atoms with Gasteiger partial charge < -0.3 is 4.42 Å². The van der Waals surface area contributed by atoms with Gasteiger partial charge in [-0.05, 0) is 31.5 Å². The van der Waals surface area contributed by atoms with Crippen molar-refractivity contribution >= 4 is 6.08 Å². The predicted octanol–water partition coefficient (Wildman–Crippen LogP) is 6.34. The Balaban J connectivity index is 2.32. The van der Waals surface area contributed by atoms with Crippen LogP contribution in [-0.2, 0) is 12.6 Å². The molecule has 0 saturated carbocycles. The molecule has 1 aromatic heterocycles. The van der Waals surface area contributed by atoms with E-state index in [9.17, 15) is 13.2 Å². The van der Waals surface area contributed by atoms with Crippen LogP contribution in [0.25, 0.3) is 17.4 Å². The molecule has 0 bridgehead atoms. The highest BCUT2D eigenvalue weighted by atomic mass is 19.4. The highest BCUT2D eigenvalue weighted by Gasteiger charge is 2.30. The summed E-state index contributed by atoms with van der Waals surface area (Å²) in [5.41, 5.74) is 0.995. The largest absolute Gasteiger partial charge is 0.460 e. The monoisotopic (exact) mass is 308 g/mol. The van der Waals surface area contributed by atoms with Gasteiger partial charge in [0.15, 0.2) is 0 Å². The third kappa shape index (κ3) is 3.81. The standard InChI is InChI=1S/C18H19F3O/c1-3-5-7-16-14(6-4-2)12-17(22-16)13-8-10-15(11-9-13)18(19,20)21/h4,6,8-12H,3,5,7H2,1-2H3/b6-4+.